The van der Waals surface area contributed by atoms with Gasteiger partial charge in [0.1, 0.15) is 12.4 Å². The van der Waals surface area contributed by atoms with Crippen LogP contribution < -0.4 is 15.4 Å². The molecular weight excluding hydrogens is 377 g/mol. The van der Waals surface area contributed by atoms with Crippen LogP contribution in [0.15, 0.2) is 24.3 Å². The van der Waals surface area contributed by atoms with Gasteiger partial charge < -0.3 is 25.4 Å². The molecule has 0 radical (unpaired) electrons. The molecule has 1 saturated heterocycles. The van der Waals surface area contributed by atoms with Crippen molar-refractivity contribution in [1.82, 2.24) is 15.5 Å². The van der Waals surface area contributed by atoms with E-state index in [-0.39, 0.29) is 42.7 Å². The number of β-amino-alcohol motifs (C(OH)–C–C–N with tert-alkyl or cyclic N) is 1. The second kappa shape index (κ2) is 13.2. The van der Waals surface area contributed by atoms with Gasteiger partial charge in [-0.3, -0.25) is 4.79 Å². The summed E-state index contributed by atoms with van der Waals surface area (Å²) in [5, 5.41) is 15.7. The van der Waals surface area contributed by atoms with Crippen LogP contribution in [0, 0.1) is 5.92 Å². The Labute approximate surface area is 168 Å². The summed E-state index contributed by atoms with van der Waals surface area (Å²) in [6.45, 7) is 9.66. The number of halogens is 2. The molecule has 150 valence electrons. The lowest BCUT2D eigenvalue weighted by atomic mass is 10.1. The van der Waals surface area contributed by atoms with E-state index in [4.69, 9.17) is 4.74 Å². The summed E-state index contributed by atoms with van der Waals surface area (Å²) in [5.41, 5.74) is 0.603. The number of hydrogen-bond donors (Lipinski definition) is 3. The number of nitrogens with one attached hydrogen (secondary N) is 2. The number of benzene rings is 1. The number of rotatable bonds is 9. The highest BCUT2D eigenvalue weighted by atomic mass is 35.5. The zero-order valence-corrected chi connectivity index (χ0v) is 17.1. The number of amides is 1. The Morgan fingerprint density at radius 3 is 2.42 bits per heavy atom. The molecule has 1 aromatic rings. The highest BCUT2D eigenvalue weighted by Gasteiger charge is 2.25. The smallest absolute Gasteiger partial charge is 0.251 e. The van der Waals surface area contributed by atoms with E-state index in [9.17, 15) is 9.90 Å². The van der Waals surface area contributed by atoms with Crippen molar-refractivity contribution in [2.45, 2.75) is 20.0 Å². The predicted octanol–water partition coefficient (Wildman–Crippen LogP) is 1.56. The van der Waals surface area contributed by atoms with Crippen molar-refractivity contribution >= 4 is 30.7 Å². The first-order chi connectivity index (χ1) is 11.6. The Morgan fingerprint density at radius 2 is 1.88 bits per heavy atom. The fraction of sp³-hybridized carbons (Fsp3) is 0.611. The van der Waals surface area contributed by atoms with Crippen LogP contribution in [-0.2, 0) is 0 Å². The molecule has 1 heterocycles. The lowest BCUT2D eigenvalue weighted by molar-refractivity contribution is 0.0927. The van der Waals surface area contributed by atoms with Crippen molar-refractivity contribution in [3.8, 4) is 5.75 Å². The minimum absolute atomic E-state index is 0. The fourth-order valence-electron chi connectivity index (χ4n) is 2.79. The Bertz CT molecular complexity index is 513. The van der Waals surface area contributed by atoms with Crippen LogP contribution in [0.25, 0.3) is 0 Å². The number of aliphatic hydroxyl groups excluding tert-OH is 1. The van der Waals surface area contributed by atoms with E-state index in [1.165, 1.54) is 0 Å². The molecule has 26 heavy (non-hydrogen) atoms. The number of likely N-dealkylation sites (N-methyl/N-ethyl adjacent to an activating group) is 1. The maximum Gasteiger partial charge on any atom is 0.251 e. The van der Waals surface area contributed by atoms with Gasteiger partial charge in [-0.2, -0.15) is 0 Å². The second-order valence-corrected chi connectivity index (χ2v) is 6.10. The van der Waals surface area contributed by atoms with Crippen LogP contribution in [0.1, 0.15) is 24.2 Å². The molecule has 1 aliphatic rings. The van der Waals surface area contributed by atoms with E-state index in [1.54, 1.807) is 12.1 Å². The third-order valence-corrected chi connectivity index (χ3v) is 4.52. The van der Waals surface area contributed by atoms with Crippen LogP contribution >= 0.6 is 24.8 Å². The quantitative estimate of drug-likeness (QED) is 0.579. The van der Waals surface area contributed by atoms with Crippen molar-refractivity contribution in [2.75, 3.05) is 45.9 Å². The number of carbonyl (C=O) groups is 1. The lowest BCUT2D eigenvalue weighted by Crippen LogP contribution is -2.34. The standard InChI is InChI=1S/C18H29N3O3.2ClH/c1-3-21(4-2)9-10-24-16-7-5-14(6-8-16)18(23)20-12-15-11-19-13-17(15)22;;/h5-8,15,17,19,22H,3-4,9-13H2,1-2H3,(H,20,23);2*1H. The molecule has 1 aliphatic heterocycles. The van der Waals surface area contributed by atoms with Gasteiger partial charge in [-0.25, -0.2) is 0 Å². The van der Waals surface area contributed by atoms with Crippen molar-refractivity contribution in [2.24, 2.45) is 5.92 Å². The van der Waals surface area contributed by atoms with Gasteiger partial charge in [-0.1, -0.05) is 13.8 Å². The summed E-state index contributed by atoms with van der Waals surface area (Å²) >= 11 is 0. The van der Waals surface area contributed by atoms with E-state index in [1.807, 2.05) is 12.1 Å². The molecule has 0 bridgehead atoms. The first kappa shape index (κ1) is 24.9. The minimum Gasteiger partial charge on any atom is -0.492 e. The van der Waals surface area contributed by atoms with Crippen LogP contribution in [0.5, 0.6) is 5.75 Å². The van der Waals surface area contributed by atoms with Gasteiger partial charge in [0.2, 0.25) is 0 Å². The van der Waals surface area contributed by atoms with Crippen molar-refractivity contribution < 1.29 is 14.6 Å². The molecular formula is C18H31Cl2N3O3. The number of nitrogens with zero attached hydrogens (tertiary/aromatic N) is 1. The fourth-order valence-corrected chi connectivity index (χ4v) is 2.79. The Kier molecular flexibility index (Phi) is 12.6. The van der Waals surface area contributed by atoms with Crippen molar-refractivity contribution in [3.63, 3.8) is 0 Å². The van der Waals surface area contributed by atoms with Gasteiger partial charge in [0.05, 0.1) is 6.10 Å². The van der Waals surface area contributed by atoms with Crippen LogP contribution in [-0.4, -0.2) is 67.9 Å². The molecule has 6 nitrogen and oxygen atoms in total. The van der Waals surface area contributed by atoms with Crippen molar-refractivity contribution in [3.05, 3.63) is 29.8 Å². The molecule has 3 N–H and O–H groups in total. The van der Waals surface area contributed by atoms with Crippen LogP contribution in [0.4, 0.5) is 0 Å². The Morgan fingerprint density at radius 1 is 1.23 bits per heavy atom. The topological polar surface area (TPSA) is 73.8 Å². The van der Waals surface area contributed by atoms with E-state index >= 15 is 0 Å². The highest BCUT2D eigenvalue weighted by Crippen LogP contribution is 2.13. The van der Waals surface area contributed by atoms with Crippen molar-refractivity contribution in [1.29, 1.82) is 0 Å². The third kappa shape index (κ3) is 7.68. The average molecular weight is 408 g/mol. The number of carbonyl (C=O) groups excluding carboxylic acids is 1. The molecule has 1 fully saturated rings. The lowest BCUT2D eigenvalue weighted by Gasteiger charge is -2.18. The zero-order valence-electron chi connectivity index (χ0n) is 15.4. The van der Waals surface area contributed by atoms with Crippen LogP contribution in [0.3, 0.4) is 0 Å². The van der Waals surface area contributed by atoms with E-state index in [2.05, 4.69) is 29.4 Å². The number of aliphatic hydroxyl groups is 1. The molecule has 2 unspecified atom stereocenters. The molecule has 0 spiro atoms. The summed E-state index contributed by atoms with van der Waals surface area (Å²) in [7, 11) is 0. The molecule has 8 heteroatoms. The summed E-state index contributed by atoms with van der Waals surface area (Å²) in [6, 6.07) is 7.18. The maximum atomic E-state index is 12.1. The molecule has 0 saturated carbocycles. The molecule has 1 aromatic carbocycles. The molecule has 2 atom stereocenters. The summed E-state index contributed by atoms with van der Waals surface area (Å²) in [5.74, 6) is 0.731. The number of ether oxygens (including phenoxy) is 1. The van der Waals surface area contributed by atoms with E-state index in [0.29, 0.717) is 25.3 Å². The summed E-state index contributed by atoms with van der Waals surface area (Å²) < 4.78 is 5.72. The minimum atomic E-state index is -0.383. The van der Waals surface area contributed by atoms with E-state index < -0.39 is 0 Å². The first-order valence-electron chi connectivity index (χ1n) is 8.76. The van der Waals surface area contributed by atoms with E-state index in [0.717, 1.165) is 31.9 Å². The van der Waals surface area contributed by atoms with Gasteiger partial charge in [0.15, 0.2) is 0 Å². The normalized spacial score (nSPS) is 18.8. The molecule has 0 aromatic heterocycles. The van der Waals surface area contributed by atoms with Gasteiger partial charge in [0, 0.05) is 37.7 Å². The zero-order chi connectivity index (χ0) is 17.4. The van der Waals surface area contributed by atoms with Gasteiger partial charge in [0.25, 0.3) is 5.91 Å². The monoisotopic (exact) mass is 407 g/mol. The predicted molar refractivity (Wildman–Crippen MR) is 109 cm³/mol. The van der Waals surface area contributed by atoms with Crippen LogP contribution in [0.2, 0.25) is 0 Å². The largest absolute Gasteiger partial charge is 0.492 e. The van der Waals surface area contributed by atoms with Gasteiger partial charge >= 0.3 is 0 Å². The SMILES string of the molecule is CCN(CC)CCOc1ccc(C(=O)NCC2CNCC2O)cc1.Cl.Cl. The number of hydrogen-bond acceptors (Lipinski definition) is 5. The second-order valence-electron chi connectivity index (χ2n) is 6.10. The Hall–Kier alpha value is -1.05. The summed E-state index contributed by atoms with van der Waals surface area (Å²) in [6.07, 6.45) is -0.383. The average Bonchev–Trinajstić information content (AvgIpc) is 3.02. The first-order valence-corrected chi connectivity index (χ1v) is 8.76. The molecule has 2 rings (SSSR count). The van der Waals surface area contributed by atoms with Gasteiger partial charge in [-0.15, -0.1) is 24.8 Å². The maximum absolute atomic E-state index is 12.1. The third-order valence-electron chi connectivity index (χ3n) is 4.52. The molecule has 1 amide bonds. The van der Waals surface area contributed by atoms with Gasteiger partial charge in [-0.05, 0) is 37.4 Å². The highest BCUT2D eigenvalue weighted by molar-refractivity contribution is 5.94. The Balaban J connectivity index is 0.00000312. The molecule has 0 aliphatic carbocycles. The summed E-state index contributed by atoms with van der Waals surface area (Å²) in [4.78, 5) is 14.4.